The van der Waals surface area contributed by atoms with Gasteiger partial charge in [0.25, 0.3) is 5.91 Å². The Morgan fingerprint density at radius 3 is 2.73 bits per heavy atom. The lowest BCUT2D eigenvalue weighted by Crippen LogP contribution is -2.23. The number of carbonyl (C=O) groups excluding carboxylic acids is 2. The minimum Gasteiger partial charge on any atom is -0.482 e. The van der Waals surface area contributed by atoms with Gasteiger partial charge in [0.05, 0.1) is 11.2 Å². The summed E-state index contributed by atoms with van der Waals surface area (Å²) in [6.45, 7) is -0.667. The van der Waals surface area contributed by atoms with E-state index in [2.05, 4.69) is 26.2 Å². The first kappa shape index (κ1) is 17.9. The van der Waals surface area contributed by atoms with E-state index < -0.39 is 18.5 Å². The van der Waals surface area contributed by atoms with Crippen molar-refractivity contribution in [3.8, 4) is 5.75 Å². The molecule has 0 saturated heterocycles. The smallest absolute Gasteiger partial charge is 0.344 e. The summed E-state index contributed by atoms with van der Waals surface area (Å²) in [6, 6.07) is 16.1. The Morgan fingerprint density at radius 1 is 1.04 bits per heavy atom. The van der Waals surface area contributed by atoms with Crippen molar-refractivity contribution in [1.82, 2.24) is 4.98 Å². The number of halogens is 1. The summed E-state index contributed by atoms with van der Waals surface area (Å²) >= 11 is 3.31. The summed E-state index contributed by atoms with van der Waals surface area (Å²) in [7, 11) is 0. The summed E-state index contributed by atoms with van der Waals surface area (Å²) < 4.78 is 11.1. The number of nitrogens with one attached hydrogen (secondary N) is 1. The topological polar surface area (TPSA) is 77.5 Å². The van der Waals surface area contributed by atoms with Crippen molar-refractivity contribution in [2.45, 2.75) is 0 Å². The van der Waals surface area contributed by atoms with Crippen LogP contribution in [0.2, 0.25) is 0 Å². The molecule has 7 heteroatoms. The molecular formula is C19H15BrN2O4. The SMILES string of the molecule is O=C(COC(=O)COc1cccc(Br)c1)Nc1cccc2ncccc12. The Kier molecular flexibility index (Phi) is 5.80. The van der Waals surface area contributed by atoms with Gasteiger partial charge < -0.3 is 14.8 Å². The molecule has 132 valence electrons. The number of esters is 1. The Hall–Kier alpha value is -2.93. The second kappa shape index (κ2) is 8.44. The van der Waals surface area contributed by atoms with Crippen molar-refractivity contribution >= 4 is 44.4 Å². The van der Waals surface area contributed by atoms with Crippen LogP contribution in [0.25, 0.3) is 10.9 Å². The van der Waals surface area contributed by atoms with Crippen molar-refractivity contribution in [2.24, 2.45) is 0 Å². The van der Waals surface area contributed by atoms with Gasteiger partial charge in [0.2, 0.25) is 0 Å². The number of fused-ring (bicyclic) bond motifs is 1. The lowest BCUT2D eigenvalue weighted by atomic mass is 10.2. The fraction of sp³-hybridized carbons (Fsp3) is 0.105. The van der Waals surface area contributed by atoms with E-state index in [-0.39, 0.29) is 6.61 Å². The fourth-order valence-electron chi connectivity index (χ4n) is 2.29. The Bertz CT molecular complexity index is 940. The summed E-state index contributed by atoms with van der Waals surface area (Å²) in [6.07, 6.45) is 1.68. The average molecular weight is 415 g/mol. The van der Waals surface area contributed by atoms with E-state index >= 15 is 0 Å². The van der Waals surface area contributed by atoms with Crippen LogP contribution in [0.5, 0.6) is 5.75 Å². The number of ether oxygens (including phenoxy) is 2. The van der Waals surface area contributed by atoms with E-state index in [9.17, 15) is 9.59 Å². The Morgan fingerprint density at radius 2 is 1.88 bits per heavy atom. The van der Waals surface area contributed by atoms with Crippen molar-refractivity contribution < 1.29 is 19.1 Å². The quantitative estimate of drug-likeness (QED) is 0.623. The van der Waals surface area contributed by atoms with Crippen LogP contribution in [0.15, 0.2) is 65.3 Å². The number of carbonyl (C=O) groups is 2. The molecule has 0 spiro atoms. The van der Waals surface area contributed by atoms with Gasteiger partial charge in [0, 0.05) is 16.1 Å². The number of nitrogens with zero attached hydrogens (tertiary/aromatic N) is 1. The normalized spacial score (nSPS) is 10.3. The van der Waals surface area contributed by atoms with Crippen LogP contribution in [0.1, 0.15) is 0 Å². The summed E-state index contributed by atoms with van der Waals surface area (Å²) in [5.74, 6) is -0.527. The Labute approximate surface area is 158 Å². The molecule has 1 N–H and O–H groups in total. The highest BCUT2D eigenvalue weighted by Crippen LogP contribution is 2.21. The van der Waals surface area contributed by atoms with Gasteiger partial charge in [-0.25, -0.2) is 4.79 Å². The summed E-state index contributed by atoms with van der Waals surface area (Å²) in [4.78, 5) is 28.0. The highest BCUT2D eigenvalue weighted by Gasteiger charge is 2.10. The molecule has 2 aromatic carbocycles. The minimum atomic E-state index is -0.625. The van der Waals surface area contributed by atoms with Crippen molar-refractivity contribution in [3.05, 3.63) is 65.3 Å². The van der Waals surface area contributed by atoms with Crippen molar-refractivity contribution in [3.63, 3.8) is 0 Å². The molecule has 0 fully saturated rings. The van der Waals surface area contributed by atoms with Gasteiger partial charge in [-0.3, -0.25) is 9.78 Å². The lowest BCUT2D eigenvalue weighted by Gasteiger charge is -2.09. The van der Waals surface area contributed by atoms with E-state index in [1.807, 2.05) is 18.2 Å². The zero-order valence-corrected chi connectivity index (χ0v) is 15.2. The first-order chi connectivity index (χ1) is 12.6. The molecule has 1 aromatic heterocycles. The third-order valence-electron chi connectivity index (χ3n) is 3.44. The van der Waals surface area contributed by atoms with E-state index in [4.69, 9.17) is 9.47 Å². The van der Waals surface area contributed by atoms with Crippen LogP contribution in [0.4, 0.5) is 5.69 Å². The summed E-state index contributed by atoms with van der Waals surface area (Å²) in [5.41, 5.74) is 1.38. The predicted molar refractivity (Wildman–Crippen MR) is 101 cm³/mol. The Balaban J connectivity index is 1.50. The molecule has 0 bridgehead atoms. The van der Waals surface area contributed by atoms with E-state index in [0.29, 0.717) is 11.4 Å². The minimum absolute atomic E-state index is 0.276. The highest BCUT2D eigenvalue weighted by molar-refractivity contribution is 9.10. The molecule has 0 atom stereocenters. The number of hydrogen-bond acceptors (Lipinski definition) is 5. The second-order valence-corrected chi connectivity index (χ2v) is 6.25. The molecule has 0 saturated carbocycles. The largest absolute Gasteiger partial charge is 0.482 e. The molecule has 0 aliphatic rings. The summed E-state index contributed by atoms with van der Waals surface area (Å²) in [5, 5.41) is 3.53. The maximum atomic E-state index is 12.0. The van der Waals surface area contributed by atoms with Gasteiger partial charge in [-0.1, -0.05) is 28.1 Å². The zero-order valence-electron chi connectivity index (χ0n) is 13.6. The molecule has 0 aliphatic heterocycles. The number of anilines is 1. The number of pyridine rings is 1. The monoisotopic (exact) mass is 414 g/mol. The number of aromatic nitrogens is 1. The second-order valence-electron chi connectivity index (χ2n) is 5.33. The van der Waals surface area contributed by atoms with Crippen LogP contribution in [0, 0.1) is 0 Å². The number of hydrogen-bond donors (Lipinski definition) is 1. The molecule has 3 rings (SSSR count). The molecule has 26 heavy (non-hydrogen) atoms. The maximum Gasteiger partial charge on any atom is 0.344 e. The zero-order chi connectivity index (χ0) is 18.4. The van der Waals surface area contributed by atoms with Crippen LogP contribution < -0.4 is 10.1 Å². The van der Waals surface area contributed by atoms with E-state index in [1.165, 1.54) is 0 Å². The van der Waals surface area contributed by atoms with Gasteiger partial charge in [-0.2, -0.15) is 0 Å². The lowest BCUT2D eigenvalue weighted by molar-refractivity contribution is -0.149. The average Bonchev–Trinajstić information content (AvgIpc) is 2.65. The van der Waals surface area contributed by atoms with Gasteiger partial charge in [-0.15, -0.1) is 0 Å². The fourth-order valence-corrected chi connectivity index (χ4v) is 2.66. The van der Waals surface area contributed by atoms with Crippen LogP contribution in [-0.2, 0) is 14.3 Å². The van der Waals surface area contributed by atoms with Crippen LogP contribution in [0.3, 0.4) is 0 Å². The first-order valence-electron chi connectivity index (χ1n) is 7.79. The maximum absolute atomic E-state index is 12.0. The van der Waals surface area contributed by atoms with Crippen LogP contribution in [-0.4, -0.2) is 30.1 Å². The highest BCUT2D eigenvalue weighted by atomic mass is 79.9. The third kappa shape index (κ3) is 4.80. The number of benzene rings is 2. The molecule has 1 amide bonds. The predicted octanol–water partition coefficient (Wildman–Crippen LogP) is 3.56. The van der Waals surface area contributed by atoms with Gasteiger partial charge in [0.15, 0.2) is 13.2 Å². The molecule has 0 aliphatic carbocycles. The molecular weight excluding hydrogens is 400 g/mol. The van der Waals surface area contributed by atoms with Crippen LogP contribution >= 0.6 is 15.9 Å². The van der Waals surface area contributed by atoms with Gasteiger partial charge in [0.1, 0.15) is 5.75 Å². The van der Waals surface area contributed by atoms with Crippen molar-refractivity contribution in [2.75, 3.05) is 18.5 Å². The molecule has 3 aromatic rings. The molecule has 0 radical (unpaired) electrons. The first-order valence-corrected chi connectivity index (χ1v) is 8.59. The van der Waals surface area contributed by atoms with E-state index in [1.54, 1.807) is 42.6 Å². The third-order valence-corrected chi connectivity index (χ3v) is 3.93. The number of amides is 1. The standard InChI is InChI=1S/C19H15BrN2O4/c20-13-4-1-5-14(10-13)25-12-19(24)26-11-18(23)22-17-8-2-7-16-15(17)6-3-9-21-16/h1-10H,11-12H2,(H,22,23). The van der Waals surface area contributed by atoms with E-state index in [0.717, 1.165) is 15.4 Å². The molecule has 0 unspecified atom stereocenters. The number of rotatable bonds is 6. The van der Waals surface area contributed by atoms with Crippen molar-refractivity contribution in [1.29, 1.82) is 0 Å². The van der Waals surface area contributed by atoms with Gasteiger partial charge in [-0.05, 0) is 42.5 Å². The molecule has 6 nitrogen and oxygen atoms in total. The van der Waals surface area contributed by atoms with Gasteiger partial charge >= 0.3 is 5.97 Å². The molecule has 1 heterocycles.